The van der Waals surface area contributed by atoms with Crippen LogP contribution >= 0.6 is 0 Å². The van der Waals surface area contributed by atoms with E-state index in [1.54, 1.807) is 31.1 Å². The third kappa shape index (κ3) is 2.99. The van der Waals surface area contributed by atoms with Crippen LogP contribution in [0.4, 0.5) is 11.5 Å². The van der Waals surface area contributed by atoms with Gasteiger partial charge < -0.3 is 10.2 Å². The first-order valence-electron chi connectivity index (χ1n) is 7.37. The molecule has 5 heteroatoms. The molecule has 3 rings (SSSR count). The number of benzene rings is 2. The highest BCUT2D eigenvalue weighted by molar-refractivity contribution is 5.95. The molecule has 0 saturated heterocycles. The number of fused-ring (bicyclic) bond motifs is 1. The summed E-state index contributed by atoms with van der Waals surface area (Å²) in [6.07, 6.45) is 0. The summed E-state index contributed by atoms with van der Waals surface area (Å²) in [7, 11) is 3.48. The van der Waals surface area contributed by atoms with Gasteiger partial charge in [-0.3, -0.25) is 4.79 Å². The van der Waals surface area contributed by atoms with Gasteiger partial charge in [0.25, 0.3) is 5.91 Å². The van der Waals surface area contributed by atoms with Gasteiger partial charge in [-0.25, -0.2) is 0 Å². The lowest BCUT2D eigenvalue weighted by atomic mass is 10.1. The molecule has 1 amide bonds. The van der Waals surface area contributed by atoms with E-state index in [1.165, 1.54) is 0 Å². The van der Waals surface area contributed by atoms with Crippen LogP contribution in [0.25, 0.3) is 10.8 Å². The molecule has 0 spiro atoms. The third-order valence-electron chi connectivity index (χ3n) is 3.67. The molecule has 23 heavy (non-hydrogen) atoms. The average Bonchev–Trinajstić information content (AvgIpc) is 2.57. The van der Waals surface area contributed by atoms with Crippen LogP contribution in [-0.2, 0) is 0 Å². The standard InChI is InChI=1S/C18H18N4O/c1-12-15-6-4-5-7-16(15)17(21-20-12)19-14-10-8-13(9-11-14)18(23)22(2)3/h4-11H,1-3H3,(H,19,21). The number of nitrogens with one attached hydrogen (secondary N) is 1. The molecule has 5 nitrogen and oxygen atoms in total. The molecule has 0 radical (unpaired) electrons. The van der Waals surface area contributed by atoms with Crippen molar-refractivity contribution in [2.75, 3.05) is 19.4 Å². The van der Waals surface area contributed by atoms with Gasteiger partial charge in [0, 0.05) is 36.1 Å². The molecule has 1 N–H and O–H groups in total. The molecule has 116 valence electrons. The fraction of sp³-hybridized carbons (Fsp3) is 0.167. The summed E-state index contributed by atoms with van der Waals surface area (Å²) in [6.45, 7) is 1.95. The first-order chi connectivity index (χ1) is 11.1. The molecule has 0 saturated carbocycles. The van der Waals surface area contributed by atoms with E-state index in [4.69, 9.17) is 0 Å². The Bertz CT molecular complexity index is 857. The summed E-state index contributed by atoms with van der Waals surface area (Å²) in [5, 5.41) is 13.8. The van der Waals surface area contributed by atoms with E-state index in [2.05, 4.69) is 15.5 Å². The summed E-state index contributed by atoms with van der Waals surface area (Å²) >= 11 is 0. The van der Waals surface area contributed by atoms with Crippen molar-refractivity contribution in [3.8, 4) is 0 Å². The molecule has 3 aromatic rings. The van der Waals surface area contributed by atoms with Crippen LogP contribution in [0.1, 0.15) is 16.1 Å². The lowest BCUT2D eigenvalue weighted by molar-refractivity contribution is 0.0827. The maximum Gasteiger partial charge on any atom is 0.253 e. The van der Waals surface area contributed by atoms with Crippen molar-refractivity contribution < 1.29 is 4.79 Å². The molecule has 0 unspecified atom stereocenters. The second-order valence-corrected chi connectivity index (χ2v) is 5.58. The van der Waals surface area contributed by atoms with Gasteiger partial charge in [-0.1, -0.05) is 24.3 Å². The molecule has 0 aliphatic heterocycles. The molecule has 0 aliphatic carbocycles. The Morgan fingerprint density at radius 1 is 0.957 bits per heavy atom. The largest absolute Gasteiger partial charge is 0.345 e. The number of hydrogen-bond acceptors (Lipinski definition) is 4. The smallest absolute Gasteiger partial charge is 0.253 e. The van der Waals surface area contributed by atoms with Crippen LogP contribution in [0.3, 0.4) is 0 Å². The van der Waals surface area contributed by atoms with E-state index in [-0.39, 0.29) is 5.91 Å². The van der Waals surface area contributed by atoms with Crippen LogP contribution in [0, 0.1) is 6.92 Å². The fourth-order valence-electron chi connectivity index (χ4n) is 2.42. The van der Waals surface area contributed by atoms with Crippen LogP contribution in [0.5, 0.6) is 0 Å². The fourth-order valence-corrected chi connectivity index (χ4v) is 2.42. The van der Waals surface area contributed by atoms with E-state index >= 15 is 0 Å². The zero-order chi connectivity index (χ0) is 16.4. The molecule has 0 bridgehead atoms. The first-order valence-corrected chi connectivity index (χ1v) is 7.37. The van der Waals surface area contributed by atoms with Crippen LogP contribution in [-0.4, -0.2) is 35.1 Å². The van der Waals surface area contributed by atoms with Gasteiger partial charge in [0.1, 0.15) is 0 Å². The average molecular weight is 306 g/mol. The van der Waals surface area contributed by atoms with Crippen molar-refractivity contribution in [2.45, 2.75) is 6.92 Å². The maximum atomic E-state index is 11.9. The van der Waals surface area contributed by atoms with Gasteiger partial charge in [-0.2, -0.15) is 5.10 Å². The Morgan fingerprint density at radius 3 is 2.26 bits per heavy atom. The van der Waals surface area contributed by atoms with Crippen molar-refractivity contribution in [1.29, 1.82) is 0 Å². The van der Waals surface area contributed by atoms with E-state index in [0.29, 0.717) is 11.4 Å². The van der Waals surface area contributed by atoms with E-state index < -0.39 is 0 Å². The van der Waals surface area contributed by atoms with Crippen molar-refractivity contribution >= 4 is 28.2 Å². The Morgan fingerprint density at radius 2 is 1.61 bits per heavy atom. The number of rotatable bonds is 3. The molecule has 0 fully saturated rings. The molecule has 0 aliphatic rings. The highest BCUT2D eigenvalue weighted by Crippen LogP contribution is 2.25. The highest BCUT2D eigenvalue weighted by Gasteiger charge is 2.09. The minimum atomic E-state index is -0.0165. The molecular weight excluding hydrogens is 288 g/mol. The quantitative estimate of drug-likeness (QED) is 0.806. The predicted molar refractivity (Wildman–Crippen MR) is 92.0 cm³/mol. The van der Waals surface area contributed by atoms with Crippen LogP contribution in [0.15, 0.2) is 48.5 Å². The minimum absolute atomic E-state index is 0.0165. The normalized spacial score (nSPS) is 10.6. The van der Waals surface area contributed by atoms with Crippen molar-refractivity contribution in [1.82, 2.24) is 15.1 Å². The highest BCUT2D eigenvalue weighted by atomic mass is 16.2. The number of aryl methyl sites for hydroxylation is 1. The van der Waals surface area contributed by atoms with Gasteiger partial charge >= 0.3 is 0 Å². The van der Waals surface area contributed by atoms with E-state index in [0.717, 1.165) is 22.2 Å². The van der Waals surface area contributed by atoms with Gasteiger partial charge in [-0.05, 0) is 31.2 Å². The zero-order valence-electron chi connectivity index (χ0n) is 13.4. The summed E-state index contributed by atoms with van der Waals surface area (Å²) in [5.41, 5.74) is 2.42. The molecule has 1 heterocycles. The second-order valence-electron chi connectivity index (χ2n) is 5.58. The van der Waals surface area contributed by atoms with E-state index in [9.17, 15) is 4.79 Å². The monoisotopic (exact) mass is 306 g/mol. The predicted octanol–water partition coefficient (Wildman–Crippen LogP) is 3.38. The van der Waals surface area contributed by atoms with Crippen molar-refractivity contribution in [3.63, 3.8) is 0 Å². The zero-order valence-corrected chi connectivity index (χ0v) is 13.4. The number of anilines is 2. The van der Waals surface area contributed by atoms with E-state index in [1.807, 2.05) is 43.3 Å². The molecule has 1 aromatic heterocycles. The molecular formula is C18H18N4O. The topological polar surface area (TPSA) is 58.1 Å². The van der Waals surface area contributed by atoms with Crippen LogP contribution in [0.2, 0.25) is 0 Å². The molecule has 0 atom stereocenters. The Balaban J connectivity index is 1.91. The number of amides is 1. The van der Waals surface area contributed by atoms with Gasteiger partial charge in [0.05, 0.1) is 5.69 Å². The number of carbonyl (C=O) groups excluding carboxylic acids is 1. The third-order valence-corrected chi connectivity index (χ3v) is 3.67. The second kappa shape index (κ2) is 6.04. The van der Waals surface area contributed by atoms with Gasteiger partial charge in [-0.15, -0.1) is 5.10 Å². The lowest BCUT2D eigenvalue weighted by Crippen LogP contribution is -2.21. The minimum Gasteiger partial charge on any atom is -0.345 e. The summed E-state index contributed by atoms with van der Waals surface area (Å²) in [5.74, 6) is 0.690. The summed E-state index contributed by atoms with van der Waals surface area (Å²) in [4.78, 5) is 13.5. The number of carbonyl (C=O) groups is 1. The number of hydrogen-bond donors (Lipinski definition) is 1. The first kappa shape index (κ1) is 15.0. The maximum absolute atomic E-state index is 11.9. The van der Waals surface area contributed by atoms with Gasteiger partial charge in [0.15, 0.2) is 5.82 Å². The number of aromatic nitrogens is 2. The number of nitrogens with zero attached hydrogens (tertiary/aromatic N) is 3. The lowest BCUT2D eigenvalue weighted by Gasteiger charge is -2.12. The summed E-state index contributed by atoms with van der Waals surface area (Å²) < 4.78 is 0. The Hall–Kier alpha value is -2.95. The summed E-state index contributed by atoms with van der Waals surface area (Å²) in [6, 6.07) is 15.4. The molecule has 2 aromatic carbocycles. The van der Waals surface area contributed by atoms with Crippen LogP contribution < -0.4 is 5.32 Å². The van der Waals surface area contributed by atoms with Crippen molar-refractivity contribution in [2.24, 2.45) is 0 Å². The van der Waals surface area contributed by atoms with Gasteiger partial charge in [0.2, 0.25) is 0 Å². The van der Waals surface area contributed by atoms with Crippen molar-refractivity contribution in [3.05, 3.63) is 59.8 Å². The Kier molecular flexibility index (Phi) is 3.93. The Labute approximate surface area is 135 Å². The SMILES string of the molecule is Cc1nnc(Nc2ccc(C(=O)N(C)C)cc2)c2ccccc12.